The van der Waals surface area contributed by atoms with Gasteiger partial charge < -0.3 is 10.1 Å². The zero-order chi connectivity index (χ0) is 10.6. The van der Waals surface area contributed by atoms with Crippen LogP contribution in [-0.2, 0) is 4.74 Å². The van der Waals surface area contributed by atoms with Crippen LogP contribution in [0, 0.1) is 0 Å². The molecule has 0 aliphatic heterocycles. The van der Waals surface area contributed by atoms with Crippen molar-refractivity contribution < 1.29 is 17.9 Å². The second-order valence-electron chi connectivity index (χ2n) is 3.66. The van der Waals surface area contributed by atoms with Crippen molar-refractivity contribution >= 4 is 0 Å². The van der Waals surface area contributed by atoms with Crippen LogP contribution < -0.4 is 5.32 Å². The minimum atomic E-state index is -4.10. The summed E-state index contributed by atoms with van der Waals surface area (Å²) in [5, 5.41) is 3.10. The highest BCUT2D eigenvalue weighted by atomic mass is 19.4. The summed E-state index contributed by atoms with van der Waals surface area (Å²) < 4.78 is 40.5. The second-order valence-corrected chi connectivity index (χ2v) is 3.66. The Morgan fingerprint density at radius 3 is 2.57 bits per heavy atom. The molecule has 0 aromatic heterocycles. The molecule has 0 radical (unpaired) electrons. The maximum absolute atomic E-state index is 11.8. The summed E-state index contributed by atoms with van der Waals surface area (Å²) >= 11 is 0. The number of hydrogen-bond donors (Lipinski definition) is 1. The van der Waals surface area contributed by atoms with Gasteiger partial charge in [-0.05, 0) is 26.3 Å². The maximum atomic E-state index is 11.8. The average molecular weight is 211 g/mol. The Hall–Kier alpha value is -0.290. The topological polar surface area (TPSA) is 21.3 Å². The number of nitrogens with one attached hydrogen (secondary N) is 1. The highest BCUT2D eigenvalue weighted by Gasteiger charge is 2.29. The molecule has 1 N–H and O–H groups in total. The van der Waals surface area contributed by atoms with Gasteiger partial charge in [0, 0.05) is 6.04 Å². The molecule has 0 saturated heterocycles. The molecule has 0 aromatic carbocycles. The van der Waals surface area contributed by atoms with Crippen molar-refractivity contribution in [2.45, 2.75) is 44.0 Å². The lowest BCUT2D eigenvalue weighted by Gasteiger charge is -2.13. The minimum absolute atomic E-state index is 0.00907. The number of halogens is 3. The summed E-state index contributed by atoms with van der Waals surface area (Å²) in [7, 11) is 1.86. The van der Waals surface area contributed by atoms with E-state index in [0.29, 0.717) is 6.04 Å². The Morgan fingerprint density at radius 2 is 2.07 bits per heavy atom. The molecule has 14 heavy (non-hydrogen) atoms. The Labute approximate surface area is 81.8 Å². The van der Waals surface area contributed by atoms with Gasteiger partial charge in [-0.15, -0.1) is 0 Å². The molecule has 0 bridgehead atoms. The van der Waals surface area contributed by atoms with Crippen molar-refractivity contribution in [3.8, 4) is 0 Å². The molecule has 1 aliphatic carbocycles. The van der Waals surface area contributed by atoms with E-state index >= 15 is 0 Å². The van der Waals surface area contributed by atoms with Crippen molar-refractivity contribution in [1.29, 1.82) is 0 Å². The highest BCUT2D eigenvalue weighted by Crippen LogP contribution is 2.24. The molecule has 1 aliphatic rings. The van der Waals surface area contributed by atoms with E-state index in [1.54, 1.807) is 0 Å². The summed E-state index contributed by atoms with van der Waals surface area (Å²) in [6.45, 7) is -0.204. The van der Waals surface area contributed by atoms with E-state index in [1.807, 2.05) is 7.05 Å². The Kier molecular flexibility index (Phi) is 4.19. The van der Waals surface area contributed by atoms with E-state index in [4.69, 9.17) is 4.74 Å². The van der Waals surface area contributed by atoms with Crippen LogP contribution >= 0.6 is 0 Å². The van der Waals surface area contributed by atoms with Gasteiger partial charge in [0.1, 0.15) is 0 Å². The summed E-state index contributed by atoms with van der Waals surface area (Å²) in [5.41, 5.74) is 0. The predicted molar refractivity (Wildman–Crippen MR) is 47.1 cm³/mol. The molecule has 5 heteroatoms. The minimum Gasteiger partial charge on any atom is -0.378 e. The zero-order valence-electron chi connectivity index (χ0n) is 8.23. The second kappa shape index (κ2) is 4.98. The molecule has 1 rings (SSSR count). The smallest absolute Gasteiger partial charge is 0.378 e. The predicted octanol–water partition coefficient (Wildman–Crippen LogP) is 2.10. The molecule has 2 unspecified atom stereocenters. The number of rotatable bonds is 4. The molecular weight excluding hydrogens is 195 g/mol. The van der Waals surface area contributed by atoms with Crippen molar-refractivity contribution in [2.75, 3.05) is 13.7 Å². The number of alkyl halides is 3. The van der Waals surface area contributed by atoms with E-state index in [2.05, 4.69) is 5.32 Å². The van der Waals surface area contributed by atoms with Crippen molar-refractivity contribution in [1.82, 2.24) is 5.32 Å². The van der Waals surface area contributed by atoms with Crippen molar-refractivity contribution in [3.05, 3.63) is 0 Å². The van der Waals surface area contributed by atoms with Gasteiger partial charge in [-0.3, -0.25) is 0 Å². The van der Waals surface area contributed by atoms with Crippen LogP contribution in [-0.4, -0.2) is 32.0 Å². The van der Waals surface area contributed by atoms with Gasteiger partial charge in [-0.2, -0.15) is 13.2 Å². The van der Waals surface area contributed by atoms with Gasteiger partial charge in [0.25, 0.3) is 0 Å². The first-order valence-corrected chi connectivity index (χ1v) is 4.87. The normalized spacial score (nSPS) is 28.3. The molecule has 2 atom stereocenters. The molecule has 2 nitrogen and oxygen atoms in total. The largest absolute Gasteiger partial charge is 0.391 e. The zero-order valence-corrected chi connectivity index (χ0v) is 8.23. The molecule has 0 aromatic rings. The fourth-order valence-corrected chi connectivity index (χ4v) is 1.70. The number of ether oxygens (including phenoxy) is 1. The molecule has 0 amide bonds. The molecular formula is C9H16F3NO. The van der Waals surface area contributed by atoms with Gasteiger partial charge in [0.05, 0.1) is 19.1 Å². The SMILES string of the molecule is CNC1CCC(OCCC(F)(F)F)C1. The standard InChI is InChI=1S/C9H16F3NO/c1-13-7-2-3-8(6-7)14-5-4-9(10,11)12/h7-8,13H,2-6H2,1H3. The van der Waals surface area contributed by atoms with Gasteiger partial charge in [-0.1, -0.05) is 0 Å². The highest BCUT2D eigenvalue weighted by molar-refractivity contribution is 4.79. The quantitative estimate of drug-likeness (QED) is 0.768. The first-order chi connectivity index (χ1) is 6.51. The Morgan fingerprint density at radius 1 is 1.36 bits per heavy atom. The summed E-state index contributed by atoms with van der Waals surface area (Å²) in [6.07, 6.45) is -2.24. The van der Waals surface area contributed by atoms with Crippen molar-refractivity contribution in [2.24, 2.45) is 0 Å². The monoisotopic (exact) mass is 211 g/mol. The third kappa shape index (κ3) is 4.28. The van der Waals surface area contributed by atoms with Gasteiger partial charge >= 0.3 is 6.18 Å². The van der Waals surface area contributed by atoms with Crippen LogP contribution in [0.3, 0.4) is 0 Å². The summed E-state index contributed by atoms with van der Waals surface area (Å²) in [4.78, 5) is 0. The average Bonchev–Trinajstić information content (AvgIpc) is 2.50. The lowest BCUT2D eigenvalue weighted by molar-refractivity contribution is -0.148. The fraction of sp³-hybridized carbons (Fsp3) is 1.00. The molecule has 1 fully saturated rings. The van der Waals surface area contributed by atoms with E-state index in [9.17, 15) is 13.2 Å². The molecule has 84 valence electrons. The Bertz CT molecular complexity index is 172. The maximum Gasteiger partial charge on any atom is 0.391 e. The Balaban J connectivity index is 2.09. The summed E-state index contributed by atoms with van der Waals surface area (Å²) in [6, 6.07) is 0.408. The van der Waals surface area contributed by atoms with Gasteiger partial charge in [0.2, 0.25) is 0 Å². The first kappa shape index (κ1) is 11.8. The van der Waals surface area contributed by atoms with E-state index in [1.165, 1.54) is 0 Å². The molecule has 0 heterocycles. The van der Waals surface area contributed by atoms with Crippen LogP contribution in [0.15, 0.2) is 0 Å². The lowest BCUT2D eigenvalue weighted by atomic mass is 10.2. The van der Waals surface area contributed by atoms with Crippen LogP contribution in [0.4, 0.5) is 13.2 Å². The van der Waals surface area contributed by atoms with Gasteiger partial charge in [-0.25, -0.2) is 0 Å². The van der Waals surface area contributed by atoms with Crippen molar-refractivity contribution in [3.63, 3.8) is 0 Å². The molecule has 0 spiro atoms. The first-order valence-electron chi connectivity index (χ1n) is 4.87. The summed E-state index contributed by atoms with van der Waals surface area (Å²) in [5.74, 6) is 0. The fourth-order valence-electron chi connectivity index (χ4n) is 1.70. The third-order valence-electron chi connectivity index (χ3n) is 2.53. The van der Waals surface area contributed by atoms with E-state index < -0.39 is 12.6 Å². The van der Waals surface area contributed by atoms with E-state index in [0.717, 1.165) is 19.3 Å². The van der Waals surface area contributed by atoms with Gasteiger partial charge in [0.15, 0.2) is 0 Å². The lowest BCUT2D eigenvalue weighted by Crippen LogP contribution is -2.23. The number of hydrogen-bond acceptors (Lipinski definition) is 2. The van der Waals surface area contributed by atoms with Crippen LogP contribution in [0.5, 0.6) is 0 Å². The van der Waals surface area contributed by atoms with Crippen LogP contribution in [0.25, 0.3) is 0 Å². The van der Waals surface area contributed by atoms with E-state index in [-0.39, 0.29) is 12.7 Å². The molecule has 1 saturated carbocycles. The van der Waals surface area contributed by atoms with Crippen LogP contribution in [0.2, 0.25) is 0 Å². The third-order valence-corrected chi connectivity index (χ3v) is 2.53. The van der Waals surface area contributed by atoms with Crippen LogP contribution in [0.1, 0.15) is 25.7 Å².